The van der Waals surface area contributed by atoms with Crippen molar-refractivity contribution in [2.75, 3.05) is 20.3 Å². The van der Waals surface area contributed by atoms with Gasteiger partial charge in [-0.2, -0.15) is 0 Å². The van der Waals surface area contributed by atoms with Crippen LogP contribution in [0.25, 0.3) is 0 Å². The third-order valence-corrected chi connectivity index (χ3v) is 5.06. The molecule has 0 saturated carbocycles. The Morgan fingerprint density at radius 3 is 2.14 bits per heavy atom. The van der Waals surface area contributed by atoms with Crippen LogP contribution in [0.2, 0.25) is 0 Å². The molecule has 1 amide bonds. The summed E-state index contributed by atoms with van der Waals surface area (Å²) in [5.74, 6) is -0.111. The van der Waals surface area contributed by atoms with E-state index in [-0.39, 0.29) is 23.8 Å². The molecule has 0 radical (unpaired) electrons. The number of methoxy groups -OCH3 is 1. The average Bonchev–Trinajstić information content (AvgIpc) is 2.71. The average molecular weight is 420 g/mol. The SMILES string of the molecule is COc1ccc(CCNC(=O)COC(=O)CCc2ccc(S(N)(=O)=O)cc2)cc1. The van der Waals surface area contributed by atoms with Gasteiger partial charge in [-0.25, -0.2) is 13.6 Å². The Morgan fingerprint density at radius 2 is 1.55 bits per heavy atom. The number of rotatable bonds is 10. The molecule has 0 aromatic heterocycles. The van der Waals surface area contributed by atoms with E-state index in [1.165, 1.54) is 12.1 Å². The van der Waals surface area contributed by atoms with Crippen molar-refractivity contribution in [2.24, 2.45) is 5.14 Å². The Bertz CT molecular complexity index is 924. The first kappa shape index (κ1) is 22.4. The second-order valence-electron chi connectivity index (χ2n) is 6.30. The number of hydrogen-bond acceptors (Lipinski definition) is 6. The lowest BCUT2D eigenvalue weighted by Gasteiger charge is -2.07. The third-order valence-electron chi connectivity index (χ3n) is 4.13. The molecule has 2 aromatic carbocycles. The van der Waals surface area contributed by atoms with Crippen LogP contribution in [-0.2, 0) is 37.2 Å². The van der Waals surface area contributed by atoms with Crippen LogP contribution in [0, 0.1) is 0 Å². The predicted molar refractivity (Wildman–Crippen MR) is 107 cm³/mol. The number of carbonyl (C=O) groups is 2. The number of aryl methyl sites for hydroxylation is 1. The summed E-state index contributed by atoms with van der Waals surface area (Å²) in [5.41, 5.74) is 1.81. The van der Waals surface area contributed by atoms with Gasteiger partial charge in [0.2, 0.25) is 10.0 Å². The lowest BCUT2D eigenvalue weighted by Crippen LogP contribution is -2.30. The molecule has 0 spiro atoms. The van der Waals surface area contributed by atoms with Crippen LogP contribution in [0.5, 0.6) is 5.75 Å². The highest BCUT2D eigenvalue weighted by Gasteiger charge is 2.10. The van der Waals surface area contributed by atoms with E-state index in [0.717, 1.165) is 16.9 Å². The van der Waals surface area contributed by atoms with Gasteiger partial charge in [0.05, 0.1) is 12.0 Å². The number of sulfonamides is 1. The molecule has 29 heavy (non-hydrogen) atoms. The maximum atomic E-state index is 11.8. The Labute approximate surface area is 170 Å². The van der Waals surface area contributed by atoms with Crippen molar-refractivity contribution in [1.29, 1.82) is 0 Å². The summed E-state index contributed by atoms with van der Waals surface area (Å²) >= 11 is 0. The van der Waals surface area contributed by atoms with E-state index in [1.807, 2.05) is 24.3 Å². The van der Waals surface area contributed by atoms with E-state index in [4.69, 9.17) is 14.6 Å². The van der Waals surface area contributed by atoms with Gasteiger partial charge in [0.15, 0.2) is 6.61 Å². The molecule has 0 heterocycles. The van der Waals surface area contributed by atoms with Gasteiger partial charge >= 0.3 is 5.97 Å². The molecule has 0 bridgehead atoms. The van der Waals surface area contributed by atoms with Gasteiger partial charge in [0.1, 0.15) is 5.75 Å². The lowest BCUT2D eigenvalue weighted by molar-refractivity contribution is -0.148. The minimum atomic E-state index is -3.74. The first-order valence-electron chi connectivity index (χ1n) is 8.95. The zero-order chi connectivity index (χ0) is 21.3. The van der Waals surface area contributed by atoms with E-state index in [1.54, 1.807) is 19.2 Å². The number of primary sulfonamides is 1. The van der Waals surface area contributed by atoms with E-state index < -0.39 is 16.0 Å². The van der Waals surface area contributed by atoms with Gasteiger partial charge in [-0.3, -0.25) is 9.59 Å². The van der Waals surface area contributed by atoms with Crippen LogP contribution in [0.4, 0.5) is 0 Å². The summed E-state index contributed by atoms with van der Waals surface area (Å²) in [5, 5.41) is 7.72. The van der Waals surface area contributed by atoms with Crippen molar-refractivity contribution in [2.45, 2.75) is 24.2 Å². The van der Waals surface area contributed by atoms with Crippen LogP contribution in [-0.4, -0.2) is 40.6 Å². The Kier molecular flexibility index (Phi) is 8.17. The highest BCUT2D eigenvalue weighted by atomic mass is 32.2. The Morgan fingerprint density at radius 1 is 0.966 bits per heavy atom. The number of benzene rings is 2. The molecule has 0 fully saturated rings. The van der Waals surface area contributed by atoms with Gasteiger partial charge in [0, 0.05) is 13.0 Å². The molecule has 0 aliphatic heterocycles. The van der Waals surface area contributed by atoms with Crippen molar-refractivity contribution >= 4 is 21.9 Å². The summed E-state index contributed by atoms with van der Waals surface area (Å²) < 4.78 is 32.4. The first-order chi connectivity index (χ1) is 13.8. The van der Waals surface area contributed by atoms with Crippen LogP contribution in [0.3, 0.4) is 0 Å². The van der Waals surface area contributed by atoms with E-state index in [0.29, 0.717) is 19.4 Å². The van der Waals surface area contributed by atoms with E-state index in [2.05, 4.69) is 5.32 Å². The van der Waals surface area contributed by atoms with Crippen molar-refractivity contribution in [1.82, 2.24) is 5.32 Å². The fourth-order valence-electron chi connectivity index (χ4n) is 2.50. The largest absolute Gasteiger partial charge is 0.497 e. The van der Waals surface area contributed by atoms with Gasteiger partial charge < -0.3 is 14.8 Å². The third kappa shape index (κ3) is 7.92. The first-order valence-corrected chi connectivity index (χ1v) is 10.5. The van der Waals surface area contributed by atoms with Gasteiger partial charge in [-0.1, -0.05) is 24.3 Å². The van der Waals surface area contributed by atoms with Crippen molar-refractivity contribution in [3.8, 4) is 5.75 Å². The van der Waals surface area contributed by atoms with Crippen molar-refractivity contribution < 1.29 is 27.5 Å². The second-order valence-corrected chi connectivity index (χ2v) is 7.86. The van der Waals surface area contributed by atoms with Crippen molar-refractivity contribution in [3.63, 3.8) is 0 Å². The smallest absolute Gasteiger partial charge is 0.306 e. The molecule has 3 N–H and O–H groups in total. The Balaban J connectivity index is 1.64. The highest BCUT2D eigenvalue weighted by Crippen LogP contribution is 2.12. The fraction of sp³-hybridized carbons (Fsp3) is 0.300. The standard InChI is InChI=1S/C20H24N2O6S/c1-27-17-7-2-16(3-8-17)12-13-22-19(23)14-28-20(24)11-6-15-4-9-18(10-5-15)29(21,25)26/h2-5,7-10H,6,11-14H2,1H3,(H,22,23)(H2,21,25,26). The van der Waals surface area contributed by atoms with Crippen LogP contribution >= 0.6 is 0 Å². The summed E-state index contributed by atoms with van der Waals surface area (Å²) in [6.07, 6.45) is 1.09. The minimum Gasteiger partial charge on any atom is -0.497 e. The zero-order valence-electron chi connectivity index (χ0n) is 16.1. The monoisotopic (exact) mass is 420 g/mol. The quantitative estimate of drug-likeness (QED) is 0.556. The molecule has 0 aliphatic rings. The molecule has 2 rings (SSSR count). The van der Waals surface area contributed by atoms with Gasteiger partial charge in [-0.05, 0) is 48.2 Å². The number of ether oxygens (including phenoxy) is 2. The predicted octanol–water partition coefficient (Wildman–Crippen LogP) is 1.18. The van der Waals surface area contributed by atoms with Gasteiger partial charge in [0.25, 0.3) is 5.91 Å². The van der Waals surface area contributed by atoms with E-state index >= 15 is 0 Å². The fourth-order valence-corrected chi connectivity index (χ4v) is 3.02. The summed E-state index contributed by atoms with van der Waals surface area (Å²) in [6.45, 7) is 0.0882. The molecule has 8 nitrogen and oxygen atoms in total. The molecule has 2 aromatic rings. The molecule has 9 heteroatoms. The molecule has 0 atom stereocenters. The lowest BCUT2D eigenvalue weighted by atomic mass is 10.1. The topological polar surface area (TPSA) is 125 Å². The number of nitrogens with one attached hydrogen (secondary N) is 1. The molecule has 0 saturated heterocycles. The maximum absolute atomic E-state index is 11.8. The summed E-state index contributed by atoms with van der Waals surface area (Å²) in [6, 6.07) is 13.5. The normalized spacial score (nSPS) is 11.0. The zero-order valence-corrected chi connectivity index (χ0v) is 16.9. The number of hydrogen-bond donors (Lipinski definition) is 2. The molecule has 0 aliphatic carbocycles. The van der Waals surface area contributed by atoms with Crippen LogP contribution in [0.15, 0.2) is 53.4 Å². The highest BCUT2D eigenvalue weighted by molar-refractivity contribution is 7.89. The minimum absolute atomic E-state index is 0.00939. The number of esters is 1. The molecular formula is C20H24N2O6S. The molecular weight excluding hydrogens is 396 g/mol. The van der Waals surface area contributed by atoms with Gasteiger partial charge in [-0.15, -0.1) is 0 Å². The number of nitrogens with two attached hydrogens (primary N) is 1. The maximum Gasteiger partial charge on any atom is 0.306 e. The molecule has 0 unspecified atom stereocenters. The number of carbonyl (C=O) groups excluding carboxylic acids is 2. The van der Waals surface area contributed by atoms with Crippen LogP contribution < -0.4 is 15.2 Å². The summed E-state index contributed by atoms with van der Waals surface area (Å²) in [7, 11) is -2.14. The Hall–Kier alpha value is -2.91. The molecule has 156 valence electrons. The second kappa shape index (κ2) is 10.6. The van der Waals surface area contributed by atoms with Crippen molar-refractivity contribution in [3.05, 3.63) is 59.7 Å². The number of amides is 1. The van der Waals surface area contributed by atoms with Crippen LogP contribution in [0.1, 0.15) is 17.5 Å². The van der Waals surface area contributed by atoms with E-state index in [9.17, 15) is 18.0 Å². The summed E-state index contributed by atoms with van der Waals surface area (Å²) in [4.78, 5) is 23.5.